The number of halogens is 1. The van der Waals surface area contributed by atoms with Crippen molar-refractivity contribution in [2.75, 3.05) is 13.4 Å². The molecule has 1 aromatic carbocycles. The lowest BCUT2D eigenvalue weighted by molar-refractivity contribution is -0.137. The minimum atomic E-state index is -0.907. The van der Waals surface area contributed by atoms with Crippen molar-refractivity contribution in [3.05, 3.63) is 22.2 Å². The quantitative estimate of drug-likeness (QED) is 0.478. The summed E-state index contributed by atoms with van der Waals surface area (Å²) in [6.07, 6.45) is 0. The molecule has 2 rings (SSSR count). The monoisotopic (exact) mass is 270 g/mol. The molecule has 0 radical (unpaired) electrons. The van der Waals surface area contributed by atoms with E-state index in [-0.39, 0.29) is 24.0 Å². The van der Waals surface area contributed by atoms with Crippen LogP contribution >= 0.6 is 11.6 Å². The first-order valence-electron chi connectivity index (χ1n) is 5.36. The Morgan fingerprint density at radius 2 is 2.06 bits per heavy atom. The van der Waals surface area contributed by atoms with Crippen LogP contribution in [0, 0.1) is 6.92 Å². The molecule has 5 nitrogen and oxygen atoms in total. The van der Waals surface area contributed by atoms with E-state index in [0.717, 1.165) is 0 Å². The number of Topliss-reactive ketones (excluding diaryl/α,β-unsaturated/α-hetero) is 1. The molecule has 0 N–H and O–H groups in total. The highest BCUT2D eigenvalue weighted by Crippen LogP contribution is 2.43. The van der Waals surface area contributed by atoms with E-state index in [2.05, 4.69) is 4.74 Å². The van der Waals surface area contributed by atoms with Crippen molar-refractivity contribution < 1.29 is 23.8 Å². The van der Waals surface area contributed by atoms with Gasteiger partial charge in [-0.05, 0) is 19.9 Å². The number of fused-ring (bicyclic) bond motifs is 1. The zero-order valence-electron chi connectivity index (χ0n) is 9.91. The van der Waals surface area contributed by atoms with Gasteiger partial charge in [-0.15, -0.1) is 0 Å². The van der Waals surface area contributed by atoms with Crippen LogP contribution in [-0.4, -0.2) is 25.2 Å². The molecule has 1 aliphatic heterocycles. The number of ether oxygens (including phenoxy) is 3. The first kappa shape index (κ1) is 12.7. The van der Waals surface area contributed by atoms with E-state index < -0.39 is 11.8 Å². The van der Waals surface area contributed by atoms with Crippen LogP contribution < -0.4 is 9.47 Å². The van der Waals surface area contributed by atoms with Gasteiger partial charge in [0.25, 0.3) is 5.78 Å². The molecule has 0 saturated carbocycles. The van der Waals surface area contributed by atoms with Crippen LogP contribution in [0.4, 0.5) is 0 Å². The maximum absolute atomic E-state index is 11.9. The summed E-state index contributed by atoms with van der Waals surface area (Å²) in [6, 6.07) is 1.39. The van der Waals surface area contributed by atoms with Gasteiger partial charge in [-0.1, -0.05) is 11.6 Å². The Bertz CT molecular complexity index is 524. The summed E-state index contributed by atoms with van der Waals surface area (Å²) in [5.41, 5.74) is 0.688. The summed E-state index contributed by atoms with van der Waals surface area (Å²) in [5, 5.41) is 0.237. The van der Waals surface area contributed by atoms with Gasteiger partial charge >= 0.3 is 5.97 Å². The van der Waals surface area contributed by atoms with Crippen molar-refractivity contribution in [2.24, 2.45) is 0 Å². The predicted octanol–water partition coefficient (Wildman–Crippen LogP) is 2.12. The molecule has 18 heavy (non-hydrogen) atoms. The normalized spacial score (nSPS) is 12.4. The molecule has 0 fully saturated rings. The van der Waals surface area contributed by atoms with Crippen LogP contribution in [0.2, 0.25) is 5.02 Å². The minimum absolute atomic E-state index is 0.0486. The van der Waals surface area contributed by atoms with E-state index in [1.165, 1.54) is 6.07 Å². The van der Waals surface area contributed by atoms with Gasteiger partial charge in [0.15, 0.2) is 11.5 Å². The summed E-state index contributed by atoms with van der Waals surface area (Å²) in [7, 11) is 0. The maximum Gasteiger partial charge on any atom is 0.379 e. The first-order valence-corrected chi connectivity index (χ1v) is 5.74. The summed E-state index contributed by atoms with van der Waals surface area (Å²) in [5.74, 6) is -0.852. The van der Waals surface area contributed by atoms with Crippen molar-refractivity contribution in [2.45, 2.75) is 13.8 Å². The van der Waals surface area contributed by atoms with Crippen molar-refractivity contribution in [3.8, 4) is 11.5 Å². The smallest absolute Gasteiger partial charge is 0.379 e. The van der Waals surface area contributed by atoms with E-state index in [4.69, 9.17) is 21.1 Å². The predicted molar refractivity (Wildman–Crippen MR) is 63.3 cm³/mol. The van der Waals surface area contributed by atoms with Crippen LogP contribution in [0.3, 0.4) is 0 Å². The Labute approximate surface area is 109 Å². The molecule has 1 heterocycles. The van der Waals surface area contributed by atoms with Gasteiger partial charge in [-0.25, -0.2) is 4.79 Å². The molecule has 0 aliphatic carbocycles. The number of carbonyl (C=O) groups excluding carboxylic acids is 2. The molecule has 0 bridgehead atoms. The average molecular weight is 271 g/mol. The lowest BCUT2D eigenvalue weighted by Gasteiger charge is -2.08. The third-order valence-electron chi connectivity index (χ3n) is 2.55. The molecule has 6 heteroatoms. The molecule has 0 aromatic heterocycles. The molecular weight excluding hydrogens is 260 g/mol. The Hall–Kier alpha value is -1.75. The number of hydrogen-bond acceptors (Lipinski definition) is 5. The molecule has 0 amide bonds. The van der Waals surface area contributed by atoms with Gasteiger partial charge in [0.05, 0.1) is 11.6 Å². The highest BCUT2D eigenvalue weighted by atomic mass is 35.5. The third kappa shape index (κ3) is 2.01. The van der Waals surface area contributed by atoms with Crippen molar-refractivity contribution in [3.63, 3.8) is 0 Å². The van der Waals surface area contributed by atoms with Crippen molar-refractivity contribution >= 4 is 23.4 Å². The molecule has 0 atom stereocenters. The lowest BCUT2D eigenvalue weighted by Crippen LogP contribution is -2.18. The number of ketones is 1. The Balaban J connectivity index is 2.44. The van der Waals surface area contributed by atoms with E-state index in [9.17, 15) is 9.59 Å². The van der Waals surface area contributed by atoms with Crippen molar-refractivity contribution in [1.82, 2.24) is 0 Å². The number of hydrogen-bond donors (Lipinski definition) is 0. The van der Waals surface area contributed by atoms with Crippen LogP contribution in [0.5, 0.6) is 11.5 Å². The topological polar surface area (TPSA) is 61.8 Å². The highest BCUT2D eigenvalue weighted by Gasteiger charge is 2.28. The van der Waals surface area contributed by atoms with E-state index in [1.807, 2.05) is 0 Å². The average Bonchev–Trinajstić information content (AvgIpc) is 2.83. The molecule has 0 saturated heterocycles. The molecule has 96 valence electrons. The number of esters is 1. The lowest BCUT2D eigenvalue weighted by atomic mass is 10.0. The molecular formula is C12H11ClO5. The fraction of sp³-hybridized carbons (Fsp3) is 0.333. The van der Waals surface area contributed by atoms with Gasteiger partial charge < -0.3 is 14.2 Å². The second-order valence-electron chi connectivity index (χ2n) is 3.65. The van der Waals surface area contributed by atoms with Crippen LogP contribution in [0.15, 0.2) is 6.07 Å². The molecule has 0 unspecified atom stereocenters. The molecule has 1 aromatic rings. The van der Waals surface area contributed by atoms with Gasteiger partial charge in [-0.3, -0.25) is 4.79 Å². The zero-order chi connectivity index (χ0) is 13.3. The summed E-state index contributed by atoms with van der Waals surface area (Å²) < 4.78 is 15.1. The molecule has 0 spiro atoms. The van der Waals surface area contributed by atoms with E-state index in [0.29, 0.717) is 17.1 Å². The van der Waals surface area contributed by atoms with Gasteiger partial charge in [0.2, 0.25) is 6.79 Å². The number of carbonyl (C=O) groups is 2. The van der Waals surface area contributed by atoms with Crippen molar-refractivity contribution in [1.29, 1.82) is 0 Å². The van der Waals surface area contributed by atoms with Gasteiger partial charge in [0, 0.05) is 11.1 Å². The SMILES string of the molecule is CCOC(=O)C(=O)c1cc(Cl)c2c(c1C)OCO2. The Morgan fingerprint density at radius 3 is 2.72 bits per heavy atom. The van der Waals surface area contributed by atoms with E-state index in [1.54, 1.807) is 13.8 Å². The van der Waals surface area contributed by atoms with Crippen LogP contribution in [0.1, 0.15) is 22.8 Å². The zero-order valence-corrected chi connectivity index (χ0v) is 10.7. The minimum Gasteiger partial charge on any atom is -0.460 e. The fourth-order valence-corrected chi connectivity index (χ4v) is 1.95. The van der Waals surface area contributed by atoms with Crippen LogP contribution in [-0.2, 0) is 9.53 Å². The summed E-state index contributed by atoms with van der Waals surface area (Å²) in [6.45, 7) is 3.48. The fourth-order valence-electron chi connectivity index (χ4n) is 1.70. The Kier molecular flexibility index (Phi) is 3.43. The first-order chi connectivity index (χ1) is 8.56. The second kappa shape index (κ2) is 4.86. The largest absolute Gasteiger partial charge is 0.460 e. The Morgan fingerprint density at radius 1 is 1.39 bits per heavy atom. The van der Waals surface area contributed by atoms with Crippen LogP contribution in [0.25, 0.3) is 0 Å². The second-order valence-corrected chi connectivity index (χ2v) is 4.05. The van der Waals surface area contributed by atoms with Gasteiger partial charge in [-0.2, -0.15) is 0 Å². The summed E-state index contributed by atoms with van der Waals surface area (Å²) in [4.78, 5) is 23.3. The third-order valence-corrected chi connectivity index (χ3v) is 2.83. The molecule has 1 aliphatic rings. The van der Waals surface area contributed by atoms with Gasteiger partial charge in [0.1, 0.15) is 0 Å². The van der Waals surface area contributed by atoms with E-state index >= 15 is 0 Å². The maximum atomic E-state index is 11.9. The summed E-state index contributed by atoms with van der Waals surface area (Å²) >= 11 is 5.96. The standard InChI is InChI=1S/C12H11ClO5/c1-3-16-12(15)9(14)7-4-8(13)11-10(6(7)2)17-5-18-11/h4H,3,5H2,1-2H3. The highest BCUT2D eigenvalue weighted by molar-refractivity contribution is 6.42. The number of benzene rings is 1. The number of rotatable bonds is 3.